The molecule has 0 spiro atoms. The van der Waals surface area contributed by atoms with Crippen molar-refractivity contribution in [1.29, 1.82) is 0 Å². The Morgan fingerprint density at radius 3 is 2.47 bits per heavy atom. The molecule has 5 heteroatoms. The standard InChI is InChI=1S/C10H13F3N2/c11-10(12,13)7-4-5-9(14-6-7)15-8-2-1-3-8/h4-6,8-9,14-15H,1-3H2. The van der Waals surface area contributed by atoms with Crippen molar-refractivity contribution in [2.24, 2.45) is 0 Å². The summed E-state index contributed by atoms with van der Waals surface area (Å²) in [7, 11) is 0. The first-order chi connectivity index (χ1) is 7.05. The van der Waals surface area contributed by atoms with Crippen LogP contribution in [0.1, 0.15) is 19.3 Å². The van der Waals surface area contributed by atoms with Gasteiger partial charge in [0, 0.05) is 12.2 Å². The molecule has 2 nitrogen and oxygen atoms in total. The van der Waals surface area contributed by atoms with Crippen LogP contribution in [0.3, 0.4) is 0 Å². The van der Waals surface area contributed by atoms with Crippen LogP contribution in [0, 0.1) is 0 Å². The van der Waals surface area contributed by atoms with E-state index in [4.69, 9.17) is 0 Å². The van der Waals surface area contributed by atoms with Gasteiger partial charge in [-0.25, -0.2) is 0 Å². The predicted molar refractivity (Wildman–Crippen MR) is 51.0 cm³/mol. The van der Waals surface area contributed by atoms with E-state index in [1.54, 1.807) is 0 Å². The molecule has 1 heterocycles. The van der Waals surface area contributed by atoms with E-state index in [1.807, 2.05) is 0 Å². The second kappa shape index (κ2) is 3.89. The molecule has 2 rings (SSSR count). The summed E-state index contributed by atoms with van der Waals surface area (Å²) in [5.41, 5.74) is -0.630. The quantitative estimate of drug-likeness (QED) is 0.741. The lowest BCUT2D eigenvalue weighted by molar-refractivity contribution is -0.0888. The highest BCUT2D eigenvalue weighted by molar-refractivity contribution is 5.27. The van der Waals surface area contributed by atoms with E-state index in [1.165, 1.54) is 12.5 Å². The fourth-order valence-electron chi connectivity index (χ4n) is 1.59. The van der Waals surface area contributed by atoms with E-state index in [-0.39, 0.29) is 6.17 Å². The number of dihydropyridines is 1. The Morgan fingerprint density at radius 1 is 1.33 bits per heavy atom. The fourth-order valence-corrected chi connectivity index (χ4v) is 1.59. The average molecular weight is 218 g/mol. The molecule has 15 heavy (non-hydrogen) atoms. The van der Waals surface area contributed by atoms with E-state index < -0.39 is 11.7 Å². The zero-order valence-corrected chi connectivity index (χ0v) is 8.14. The smallest absolute Gasteiger partial charge is 0.372 e. The zero-order valence-electron chi connectivity index (χ0n) is 8.14. The number of hydrogen-bond donors (Lipinski definition) is 2. The van der Waals surface area contributed by atoms with Crippen LogP contribution in [-0.4, -0.2) is 18.4 Å². The highest BCUT2D eigenvalue weighted by Gasteiger charge is 2.33. The molecule has 1 atom stereocenters. The third-order valence-electron chi connectivity index (χ3n) is 2.73. The van der Waals surface area contributed by atoms with Crippen LogP contribution in [0.5, 0.6) is 0 Å². The Balaban J connectivity index is 1.86. The molecule has 0 amide bonds. The van der Waals surface area contributed by atoms with Crippen molar-refractivity contribution in [3.63, 3.8) is 0 Å². The van der Waals surface area contributed by atoms with Crippen LogP contribution in [-0.2, 0) is 0 Å². The molecule has 2 aliphatic rings. The molecule has 1 aliphatic heterocycles. The molecule has 0 aromatic heterocycles. The maximum Gasteiger partial charge on any atom is 0.417 e. The summed E-state index contributed by atoms with van der Waals surface area (Å²) in [5, 5.41) is 5.91. The highest BCUT2D eigenvalue weighted by atomic mass is 19.4. The van der Waals surface area contributed by atoms with Gasteiger partial charge in [-0.15, -0.1) is 0 Å². The Morgan fingerprint density at radius 2 is 2.07 bits per heavy atom. The van der Waals surface area contributed by atoms with Gasteiger partial charge in [0.05, 0.1) is 11.7 Å². The fraction of sp³-hybridized carbons (Fsp3) is 0.600. The van der Waals surface area contributed by atoms with E-state index in [0.29, 0.717) is 6.04 Å². The average Bonchev–Trinajstić information content (AvgIpc) is 2.11. The van der Waals surface area contributed by atoms with Gasteiger partial charge in [0.2, 0.25) is 0 Å². The lowest BCUT2D eigenvalue weighted by Gasteiger charge is -2.31. The van der Waals surface area contributed by atoms with E-state index in [0.717, 1.165) is 25.1 Å². The van der Waals surface area contributed by atoms with Gasteiger partial charge in [-0.05, 0) is 25.0 Å². The minimum absolute atomic E-state index is 0.165. The van der Waals surface area contributed by atoms with Gasteiger partial charge in [0.15, 0.2) is 0 Å². The number of hydrogen-bond acceptors (Lipinski definition) is 2. The van der Waals surface area contributed by atoms with E-state index >= 15 is 0 Å². The van der Waals surface area contributed by atoms with Gasteiger partial charge in [-0.3, -0.25) is 5.32 Å². The Kier molecular flexibility index (Phi) is 2.73. The predicted octanol–water partition coefficient (Wildman–Crippen LogP) is 2.06. The first kappa shape index (κ1) is 10.5. The van der Waals surface area contributed by atoms with Gasteiger partial charge in [-0.2, -0.15) is 13.2 Å². The van der Waals surface area contributed by atoms with Crippen molar-refractivity contribution in [3.05, 3.63) is 23.9 Å². The molecular weight excluding hydrogens is 205 g/mol. The zero-order chi connectivity index (χ0) is 10.9. The lowest BCUT2D eigenvalue weighted by Crippen LogP contribution is -2.48. The number of alkyl halides is 3. The number of allylic oxidation sites excluding steroid dienone is 2. The first-order valence-corrected chi connectivity index (χ1v) is 5.03. The van der Waals surface area contributed by atoms with Crippen LogP contribution in [0.25, 0.3) is 0 Å². The molecule has 1 fully saturated rings. The van der Waals surface area contributed by atoms with Gasteiger partial charge in [-0.1, -0.05) is 6.42 Å². The van der Waals surface area contributed by atoms with Crippen molar-refractivity contribution < 1.29 is 13.2 Å². The van der Waals surface area contributed by atoms with Crippen LogP contribution in [0.15, 0.2) is 23.9 Å². The molecule has 2 N–H and O–H groups in total. The maximum absolute atomic E-state index is 12.2. The maximum atomic E-state index is 12.2. The number of rotatable bonds is 2. The van der Waals surface area contributed by atoms with Crippen molar-refractivity contribution in [2.45, 2.75) is 37.6 Å². The largest absolute Gasteiger partial charge is 0.417 e. The minimum Gasteiger partial charge on any atom is -0.372 e. The molecule has 1 unspecified atom stereocenters. The van der Waals surface area contributed by atoms with Crippen molar-refractivity contribution in [2.75, 3.05) is 0 Å². The van der Waals surface area contributed by atoms with Crippen LogP contribution in [0.2, 0.25) is 0 Å². The third-order valence-corrected chi connectivity index (χ3v) is 2.73. The third kappa shape index (κ3) is 2.53. The molecule has 84 valence electrons. The molecule has 0 aromatic carbocycles. The Labute approximate surface area is 86.2 Å². The summed E-state index contributed by atoms with van der Waals surface area (Å²) in [4.78, 5) is 0. The topological polar surface area (TPSA) is 24.1 Å². The number of nitrogens with one attached hydrogen (secondary N) is 2. The number of halogens is 3. The van der Waals surface area contributed by atoms with Gasteiger partial charge < -0.3 is 5.32 Å². The first-order valence-electron chi connectivity index (χ1n) is 5.03. The normalized spacial score (nSPS) is 26.9. The molecule has 0 aromatic rings. The van der Waals surface area contributed by atoms with Crippen molar-refractivity contribution in [3.8, 4) is 0 Å². The van der Waals surface area contributed by atoms with Gasteiger partial charge in [0.1, 0.15) is 0 Å². The van der Waals surface area contributed by atoms with Crippen LogP contribution < -0.4 is 10.6 Å². The minimum atomic E-state index is -4.26. The summed E-state index contributed by atoms with van der Waals surface area (Å²) in [6, 6.07) is 0.452. The van der Waals surface area contributed by atoms with E-state index in [9.17, 15) is 13.2 Å². The molecule has 1 aliphatic carbocycles. The molecule has 0 radical (unpaired) electrons. The Hall–Kier alpha value is -0.970. The van der Waals surface area contributed by atoms with Crippen LogP contribution in [0.4, 0.5) is 13.2 Å². The van der Waals surface area contributed by atoms with Crippen molar-refractivity contribution in [1.82, 2.24) is 10.6 Å². The second-order valence-electron chi connectivity index (χ2n) is 3.90. The summed E-state index contributed by atoms with van der Waals surface area (Å²) < 4.78 is 36.7. The molecule has 1 saturated carbocycles. The van der Waals surface area contributed by atoms with Gasteiger partial charge >= 0.3 is 6.18 Å². The SMILES string of the molecule is FC(F)(F)C1=CNC(NC2CCC2)C=C1. The lowest BCUT2D eigenvalue weighted by atomic mass is 9.93. The van der Waals surface area contributed by atoms with Crippen LogP contribution >= 0.6 is 0 Å². The summed E-state index contributed by atoms with van der Waals surface area (Å²) in [5.74, 6) is 0. The molecule has 0 saturated heterocycles. The Bertz CT molecular complexity index is 290. The summed E-state index contributed by atoms with van der Waals surface area (Å²) in [6.45, 7) is 0. The van der Waals surface area contributed by atoms with Gasteiger partial charge in [0.25, 0.3) is 0 Å². The summed E-state index contributed by atoms with van der Waals surface area (Å²) >= 11 is 0. The summed E-state index contributed by atoms with van der Waals surface area (Å²) in [6.07, 6.45) is 2.66. The van der Waals surface area contributed by atoms with Crippen molar-refractivity contribution >= 4 is 0 Å². The highest BCUT2D eigenvalue weighted by Crippen LogP contribution is 2.27. The monoisotopic (exact) mass is 218 g/mol. The second-order valence-corrected chi connectivity index (χ2v) is 3.90. The van der Waals surface area contributed by atoms with E-state index in [2.05, 4.69) is 10.6 Å². The molecule has 0 bridgehead atoms. The molecular formula is C10H13F3N2.